The van der Waals surface area contributed by atoms with Crippen molar-refractivity contribution in [3.63, 3.8) is 0 Å². The lowest BCUT2D eigenvalue weighted by atomic mass is 10.2. The molecule has 0 bridgehead atoms. The van der Waals surface area contributed by atoms with Crippen molar-refractivity contribution in [1.29, 1.82) is 0 Å². The van der Waals surface area contributed by atoms with Gasteiger partial charge in [-0.3, -0.25) is 0 Å². The van der Waals surface area contributed by atoms with E-state index in [2.05, 4.69) is 4.74 Å². The Bertz CT molecular complexity index is 229. The smallest absolute Gasteiger partial charge is 0.463 e. The van der Waals surface area contributed by atoms with Crippen LogP contribution in [0.2, 0.25) is 0 Å². The predicted molar refractivity (Wildman–Crippen MR) is 58.1 cm³/mol. The second kappa shape index (κ2) is 7.09. The van der Waals surface area contributed by atoms with Gasteiger partial charge in [-0.05, 0) is 27.2 Å². The van der Waals surface area contributed by atoms with Crippen molar-refractivity contribution in [2.75, 3.05) is 13.2 Å². The molecule has 0 fully saturated rings. The fourth-order valence-electron chi connectivity index (χ4n) is 0.769. The Balaban J connectivity index is 3.63. The third-order valence-corrected chi connectivity index (χ3v) is 1.46. The molecule has 0 saturated heterocycles. The largest absolute Gasteiger partial charge is 0.509 e. The fourth-order valence-corrected chi connectivity index (χ4v) is 0.769. The molecule has 0 aliphatic rings. The van der Waals surface area contributed by atoms with E-state index in [1.807, 2.05) is 6.92 Å². The van der Waals surface area contributed by atoms with Gasteiger partial charge in [0.25, 0.3) is 0 Å². The zero-order chi connectivity index (χ0) is 12.6. The van der Waals surface area contributed by atoms with Crippen LogP contribution in [0.15, 0.2) is 0 Å². The fraction of sp³-hybridized carbons (Fsp3) is 0.818. The van der Waals surface area contributed by atoms with E-state index in [9.17, 15) is 9.59 Å². The summed E-state index contributed by atoms with van der Waals surface area (Å²) in [6.45, 7) is 7.09. The van der Waals surface area contributed by atoms with Crippen molar-refractivity contribution in [3.05, 3.63) is 0 Å². The van der Waals surface area contributed by atoms with E-state index in [0.717, 1.165) is 12.8 Å². The maximum Gasteiger partial charge on any atom is 0.509 e. The minimum absolute atomic E-state index is 0.354. The Morgan fingerprint density at radius 3 is 2.25 bits per heavy atom. The molecule has 5 heteroatoms. The number of ether oxygens (including phenoxy) is 3. The van der Waals surface area contributed by atoms with Crippen LogP contribution in [0, 0.1) is 0 Å². The number of carbonyl (C=O) groups excluding carboxylic acids is 2. The van der Waals surface area contributed by atoms with E-state index in [1.165, 1.54) is 0 Å². The molecule has 0 unspecified atom stereocenters. The van der Waals surface area contributed by atoms with Crippen LogP contribution in [0.1, 0.15) is 40.5 Å². The van der Waals surface area contributed by atoms with Gasteiger partial charge in [-0.15, -0.1) is 0 Å². The van der Waals surface area contributed by atoms with Crippen LogP contribution in [0.25, 0.3) is 0 Å². The average Bonchev–Trinajstić information content (AvgIpc) is 2.12. The van der Waals surface area contributed by atoms with Crippen LogP contribution in [0.5, 0.6) is 0 Å². The first kappa shape index (κ1) is 14.7. The normalized spacial score (nSPS) is 10.8. The molecule has 0 radical (unpaired) electrons. The number of unbranched alkanes of at least 4 members (excludes halogenated alkanes) is 1. The second-order valence-electron chi connectivity index (χ2n) is 4.33. The highest BCUT2D eigenvalue weighted by Crippen LogP contribution is 2.07. The van der Waals surface area contributed by atoms with E-state index in [-0.39, 0.29) is 0 Å². The van der Waals surface area contributed by atoms with Crippen molar-refractivity contribution in [3.8, 4) is 0 Å². The van der Waals surface area contributed by atoms with Gasteiger partial charge in [-0.2, -0.15) is 0 Å². The van der Waals surface area contributed by atoms with E-state index < -0.39 is 24.3 Å². The molecule has 0 aliphatic carbocycles. The zero-order valence-corrected chi connectivity index (χ0v) is 10.4. The van der Waals surface area contributed by atoms with E-state index in [4.69, 9.17) is 9.47 Å². The summed E-state index contributed by atoms with van der Waals surface area (Å²) in [6, 6.07) is 0. The molecule has 0 amide bonds. The molecule has 0 saturated carbocycles. The van der Waals surface area contributed by atoms with Crippen LogP contribution >= 0.6 is 0 Å². The third kappa shape index (κ3) is 9.30. The number of rotatable bonds is 5. The maximum absolute atomic E-state index is 11.0. The van der Waals surface area contributed by atoms with E-state index in [0.29, 0.717) is 6.61 Å². The quantitative estimate of drug-likeness (QED) is 0.537. The molecular formula is C11H20O5. The van der Waals surface area contributed by atoms with Gasteiger partial charge in [0, 0.05) is 0 Å². The molecule has 0 atom stereocenters. The lowest BCUT2D eigenvalue weighted by Crippen LogP contribution is -2.26. The van der Waals surface area contributed by atoms with Crippen molar-refractivity contribution >= 4 is 12.1 Å². The van der Waals surface area contributed by atoms with Gasteiger partial charge in [0.05, 0.1) is 6.61 Å². The van der Waals surface area contributed by atoms with Crippen LogP contribution in [-0.2, 0) is 19.0 Å². The first-order valence-electron chi connectivity index (χ1n) is 5.36. The number of hydrogen-bond acceptors (Lipinski definition) is 5. The SMILES string of the molecule is CCCCOC(=O)COC(=O)OC(C)(C)C. The van der Waals surface area contributed by atoms with Gasteiger partial charge in [0.1, 0.15) is 5.60 Å². The Labute approximate surface area is 96.1 Å². The Morgan fingerprint density at radius 2 is 1.75 bits per heavy atom. The van der Waals surface area contributed by atoms with Crippen molar-refractivity contribution in [1.82, 2.24) is 0 Å². The molecule has 94 valence electrons. The van der Waals surface area contributed by atoms with Crippen LogP contribution in [0.4, 0.5) is 4.79 Å². The third-order valence-electron chi connectivity index (χ3n) is 1.46. The predicted octanol–water partition coefficient (Wildman–Crippen LogP) is 2.28. The Kier molecular flexibility index (Phi) is 6.53. The summed E-state index contributed by atoms with van der Waals surface area (Å²) in [4.78, 5) is 22.1. The van der Waals surface area contributed by atoms with Gasteiger partial charge in [0.15, 0.2) is 6.61 Å². The zero-order valence-electron chi connectivity index (χ0n) is 10.4. The topological polar surface area (TPSA) is 61.8 Å². The Morgan fingerprint density at radius 1 is 1.12 bits per heavy atom. The van der Waals surface area contributed by atoms with Gasteiger partial charge < -0.3 is 14.2 Å². The van der Waals surface area contributed by atoms with Crippen molar-refractivity contribution < 1.29 is 23.8 Å². The minimum Gasteiger partial charge on any atom is -0.463 e. The highest BCUT2D eigenvalue weighted by molar-refractivity contribution is 5.73. The molecule has 0 spiro atoms. The Hall–Kier alpha value is -1.26. The minimum atomic E-state index is -0.861. The molecule has 0 rings (SSSR count). The summed E-state index contributed by atoms with van der Waals surface area (Å²) in [6.07, 6.45) is 0.887. The maximum atomic E-state index is 11.0. The molecule has 16 heavy (non-hydrogen) atoms. The summed E-state index contributed by atoms with van der Waals surface area (Å²) in [7, 11) is 0. The summed E-state index contributed by atoms with van der Waals surface area (Å²) in [5.41, 5.74) is -0.622. The summed E-state index contributed by atoms with van der Waals surface area (Å²) in [5.74, 6) is -0.556. The molecule has 0 aromatic carbocycles. The lowest BCUT2D eigenvalue weighted by Gasteiger charge is -2.18. The highest BCUT2D eigenvalue weighted by atomic mass is 16.7. The van der Waals surface area contributed by atoms with Crippen molar-refractivity contribution in [2.45, 2.75) is 46.1 Å². The monoisotopic (exact) mass is 232 g/mol. The van der Waals surface area contributed by atoms with Gasteiger partial charge >= 0.3 is 12.1 Å². The van der Waals surface area contributed by atoms with E-state index >= 15 is 0 Å². The van der Waals surface area contributed by atoms with Crippen LogP contribution < -0.4 is 0 Å². The highest BCUT2D eigenvalue weighted by Gasteiger charge is 2.18. The van der Waals surface area contributed by atoms with Crippen molar-refractivity contribution in [2.24, 2.45) is 0 Å². The number of carbonyl (C=O) groups is 2. The molecule has 0 aliphatic heterocycles. The molecular weight excluding hydrogens is 212 g/mol. The van der Waals surface area contributed by atoms with Crippen LogP contribution in [-0.4, -0.2) is 30.9 Å². The molecule has 0 aromatic rings. The van der Waals surface area contributed by atoms with Gasteiger partial charge in [-0.1, -0.05) is 13.3 Å². The molecule has 0 N–H and O–H groups in total. The molecule has 0 aromatic heterocycles. The first-order chi connectivity index (χ1) is 7.35. The van der Waals surface area contributed by atoms with Crippen LogP contribution in [0.3, 0.4) is 0 Å². The number of esters is 1. The standard InChI is InChI=1S/C11H20O5/c1-5-6-7-14-9(12)8-15-10(13)16-11(2,3)4/h5-8H2,1-4H3. The summed E-state index contributed by atoms with van der Waals surface area (Å²) >= 11 is 0. The summed E-state index contributed by atoms with van der Waals surface area (Å²) < 4.78 is 14.2. The molecule has 5 nitrogen and oxygen atoms in total. The van der Waals surface area contributed by atoms with Gasteiger partial charge in [0.2, 0.25) is 0 Å². The summed E-state index contributed by atoms with van der Waals surface area (Å²) in [5, 5.41) is 0. The van der Waals surface area contributed by atoms with Gasteiger partial charge in [-0.25, -0.2) is 9.59 Å². The molecule has 0 heterocycles. The average molecular weight is 232 g/mol. The van der Waals surface area contributed by atoms with E-state index in [1.54, 1.807) is 20.8 Å². The first-order valence-corrected chi connectivity index (χ1v) is 5.36. The number of hydrogen-bond donors (Lipinski definition) is 0. The lowest BCUT2D eigenvalue weighted by molar-refractivity contribution is -0.148. The second-order valence-corrected chi connectivity index (χ2v) is 4.33.